The summed E-state index contributed by atoms with van der Waals surface area (Å²) >= 11 is 6.15. The van der Waals surface area contributed by atoms with Crippen molar-refractivity contribution >= 4 is 28.5 Å². The minimum atomic E-state index is -0.792. The predicted octanol–water partition coefficient (Wildman–Crippen LogP) is 7.72. The Labute approximate surface area is 297 Å². The van der Waals surface area contributed by atoms with Crippen LogP contribution in [0, 0.1) is 17.8 Å². The van der Waals surface area contributed by atoms with E-state index in [0.717, 1.165) is 101 Å². The summed E-state index contributed by atoms with van der Waals surface area (Å²) in [7, 11) is 1.80. The van der Waals surface area contributed by atoms with Crippen LogP contribution in [0.2, 0.25) is 5.02 Å². The van der Waals surface area contributed by atoms with Crippen molar-refractivity contribution in [2.24, 2.45) is 17.8 Å². The molecule has 9 nitrogen and oxygen atoms in total. The van der Waals surface area contributed by atoms with E-state index in [1.165, 1.54) is 6.42 Å². The van der Waals surface area contributed by atoms with Crippen molar-refractivity contribution in [2.45, 2.75) is 145 Å². The van der Waals surface area contributed by atoms with Crippen LogP contribution >= 0.6 is 11.6 Å². The fraction of sp³-hybridized carbons (Fsp3) is 0.795. The summed E-state index contributed by atoms with van der Waals surface area (Å²) in [6, 6.07) is 5.82. The summed E-state index contributed by atoms with van der Waals surface area (Å²) in [5.74, 6) is 1.08. The summed E-state index contributed by atoms with van der Waals surface area (Å²) in [6.45, 7) is 7.78. The number of methoxy groups -OCH3 is 1. The van der Waals surface area contributed by atoms with Gasteiger partial charge in [-0.3, -0.25) is 4.79 Å². The third-order valence-corrected chi connectivity index (χ3v) is 13.5. The number of carbonyl (C=O) groups excluding carboxylic acids is 1. The maximum Gasteiger partial charge on any atom is 0.222 e. The van der Waals surface area contributed by atoms with Gasteiger partial charge in [-0.05, 0) is 141 Å². The van der Waals surface area contributed by atoms with E-state index >= 15 is 0 Å². The molecule has 1 atom stereocenters. The highest BCUT2D eigenvalue weighted by Gasteiger charge is 2.57. The molecule has 272 valence electrons. The molecular weight excluding hydrogens is 642 g/mol. The molecule has 2 saturated heterocycles. The van der Waals surface area contributed by atoms with Gasteiger partial charge in [0.25, 0.3) is 0 Å². The average Bonchev–Trinajstić information content (AvgIpc) is 3.69. The van der Waals surface area contributed by atoms with E-state index in [1.807, 2.05) is 25.1 Å². The van der Waals surface area contributed by atoms with Crippen LogP contribution in [0.3, 0.4) is 0 Å². The van der Waals surface area contributed by atoms with E-state index in [9.17, 15) is 9.90 Å². The van der Waals surface area contributed by atoms with Gasteiger partial charge in [-0.25, -0.2) is 0 Å². The first kappa shape index (κ1) is 35.6. The molecule has 2 aliphatic heterocycles. The Morgan fingerprint density at radius 3 is 2.41 bits per heavy atom. The van der Waals surface area contributed by atoms with Crippen LogP contribution in [-0.4, -0.2) is 77.1 Å². The largest absolute Gasteiger partial charge is 0.390 e. The second-order valence-electron chi connectivity index (χ2n) is 16.9. The molecule has 49 heavy (non-hydrogen) atoms. The van der Waals surface area contributed by atoms with Gasteiger partial charge in [-0.1, -0.05) is 16.8 Å². The number of piperidine rings is 1. The fourth-order valence-electron chi connectivity index (χ4n) is 9.59. The number of hydrogen-bond donors (Lipinski definition) is 2. The Bertz CT molecular complexity index is 1430. The molecule has 1 spiro atoms. The van der Waals surface area contributed by atoms with Crippen molar-refractivity contribution in [1.82, 2.24) is 15.4 Å². The number of rotatable bonds is 9. The SMILES string of the molecule is COC1(C)CCC(CC(=O)NC2(C3CCC(CCN4CCC(c5noc6cc(Cl)ccc56)CC4)CC3)COC3(CCC(C)(O)CC3)O2)CC1. The lowest BCUT2D eigenvalue weighted by Crippen LogP contribution is -2.58. The number of hydrogen-bond acceptors (Lipinski definition) is 8. The highest BCUT2D eigenvalue weighted by atomic mass is 35.5. The van der Waals surface area contributed by atoms with E-state index < -0.39 is 17.1 Å². The number of nitrogens with zero attached hydrogens (tertiary/aromatic N) is 2. The van der Waals surface area contributed by atoms with Crippen LogP contribution in [0.4, 0.5) is 0 Å². The predicted molar refractivity (Wildman–Crippen MR) is 189 cm³/mol. The smallest absolute Gasteiger partial charge is 0.222 e. The molecule has 5 aliphatic rings. The number of ether oxygens (including phenoxy) is 3. The molecule has 3 heterocycles. The lowest BCUT2D eigenvalue weighted by Gasteiger charge is -2.44. The number of benzene rings is 1. The highest BCUT2D eigenvalue weighted by molar-refractivity contribution is 6.31. The van der Waals surface area contributed by atoms with E-state index in [4.69, 9.17) is 30.3 Å². The van der Waals surface area contributed by atoms with Crippen LogP contribution in [0.5, 0.6) is 0 Å². The zero-order valence-corrected chi connectivity index (χ0v) is 30.7. The second kappa shape index (κ2) is 14.3. The van der Waals surface area contributed by atoms with Gasteiger partial charge in [-0.15, -0.1) is 0 Å². The number of aliphatic hydroxyl groups is 1. The van der Waals surface area contributed by atoms with Crippen LogP contribution in [0.25, 0.3) is 11.0 Å². The van der Waals surface area contributed by atoms with Gasteiger partial charge in [0.2, 0.25) is 5.91 Å². The van der Waals surface area contributed by atoms with E-state index in [0.29, 0.717) is 61.5 Å². The molecule has 0 radical (unpaired) electrons. The molecule has 10 heteroatoms. The van der Waals surface area contributed by atoms with Crippen LogP contribution in [0.1, 0.15) is 128 Å². The molecule has 0 bridgehead atoms. The first-order valence-electron chi connectivity index (χ1n) is 19.2. The Hall–Kier alpha value is -1.75. The van der Waals surface area contributed by atoms with Gasteiger partial charge >= 0.3 is 0 Å². The van der Waals surface area contributed by atoms with Crippen molar-refractivity contribution in [3.8, 4) is 0 Å². The number of fused-ring (bicyclic) bond motifs is 1. The van der Waals surface area contributed by atoms with Crippen LogP contribution < -0.4 is 5.32 Å². The molecule has 2 aromatic rings. The molecule has 2 N–H and O–H groups in total. The van der Waals surface area contributed by atoms with Crippen molar-refractivity contribution < 1.29 is 28.6 Å². The first-order chi connectivity index (χ1) is 23.5. The minimum absolute atomic E-state index is 0.0665. The van der Waals surface area contributed by atoms with Crippen molar-refractivity contribution in [2.75, 3.05) is 33.4 Å². The van der Waals surface area contributed by atoms with Gasteiger partial charge in [0.1, 0.15) is 0 Å². The van der Waals surface area contributed by atoms with Gasteiger partial charge < -0.3 is 34.1 Å². The molecule has 1 amide bonds. The number of halogens is 1. The summed E-state index contributed by atoms with van der Waals surface area (Å²) in [5, 5.41) is 20.3. The molecule has 3 aliphatic carbocycles. The Balaban J connectivity index is 0.918. The molecule has 5 fully saturated rings. The zero-order valence-electron chi connectivity index (χ0n) is 29.9. The second-order valence-corrected chi connectivity index (χ2v) is 17.3. The summed E-state index contributed by atoms with van der Waals surface area (Å²) in [6.07, 6.45) is 14.9. The van der Waals surface area contributed by atoms with Crippen molar-refractivity contribution in [3.63, 3.8) is 0 Å². The van der Waals surface area contributed by atoms with Crippen molar-refractivity contribution in [1.29, 1.82) is 0 Å². The molecule has 1 unspecified atom stereocenters. The van der Waals surface area contributed by atoms with Crippen molar-refractivity contribution in [3.05, 3.63) is 28.9 Å². The number of amides is 1. The fourth-order valence-corrected chi connectivity index (χ4v) is 9.76. The Kier molecular flexibility index (Phi) is 10.4. The molecule has 3 saturated carbocycles. The third-order valence-electron chi connectivity index (χ3n) is 13.3. The molecule has 7 rings (SSSR count). The number of aromatic nitrogens is 1. The zero-order chi connectivity index (χ0) is 34.3. The van der Waals surface area contributed by atoms with Crippen LogP contribution in [0.15, 0.2) is 22.7 Å². The maximum absolute atomic E-state index is 13.7. The summed E-state index contributed by atoms with van der Waals surface area (Å²) in [5.41, 5.74) is 0.314. The molecular formula is C39H58ClN3O6. The quantitative estimate of drug-likeness (QED) is 0.274. The Morgan fingerprint density at radius 1 is 1.00 bits per heavy atom. The Morgan fingerprint density at radius 2 is 1.71 bits per heavy atom. The maximum atomic E-state index is 13.7. The first-order valence-corrected chi connectivity index (χ1v) is 19.5. The van der Waals surface area contributed by atoms with Gasteiger partial charge in [0.15, 0.2) is 17.1 Å². The monoisotopic (exact) mass is 699 g/mol. The van der Waals surface area contributed by atoms with E-state index in [2.05, 4.69) is 22.3 Å². The van der Waals surface area contributed by atoms with Gasteiger partial charge in [-0.2, -0.15) is 0 Å². The van der Waals surface area contributed by atoms with Gasteiger partial charge in [0.05, 0.1) is 23.5 Å². The average molecular weight is 700 g/mol. The van der Waals surface area contributed by atoms with Crippen LogP contribution in [-0.2, 0) is 19.0 Å². The minimum Gasteiger partial charge on any atom is -0.390 e. The summed E-state index contributed by atoms with van der Waals surface area (Å²) < 4.78 is 24.8. The molecule has 1 aromatic carbocycles. The third kappa shape index (κ3) is 8.02. The molecule has 1 aromatic heterocycles. The highest BCUT2D eigenvalue weighted by Crippen LogP contribution is 2.49. The van der Waals surface area contributed by atoms with Gasteiger partial charge in [0, 0.05) is 54.7 Å². The van der Waals surface area contributed by atoms with E-state index in [1.54, 1.807) is 7.11 Å². The number of carbonyl (C=O) groups is 1. The van der Waals surface area contributed by atoms with E-state index in [-0.39, 0.29) is 17.4 Å². The number of likely N-dealkylation sites (tertiary alicyclic amines) is 1. The summed E-state index contributed by atoms with van der Waals surface area (Å²) in [4.78, 5) is 16.3. The normalized spacial score (nSPS) is 37.9. The lowest BCUT2D eigenvalue weighted by atomic mass is 9.75. The number of nitrogens with one attached hydrogen (secondary N) is 1. The lowest BCUT2D eigenvalue weighted by molar-refractivity contribution is -0.237. The standard InChI is InChI=1S/C39H58ClN3O6/c1-36(45)17-19-38(20-18-36)47-26-39(49-38,41-34(44)24-28-10-15-37(2,46-3)16-11-28)30-6-4-27(5-7-30)12-21-43-22-13-29(14-23-43)35-32-9-8-31(40)25-33(32)48-42-35/h8-9,25,27-30,45H,4-7,10-24,26H2,1-3H3,(H,41,44). The topological polar surface area (TPSA) is 106 Å².